The zero-order chi connectivity index (χ0) is 22.7. The highest BCUT2D eigenvalue weighted by molar-refractivity contribution is 5.94. The van der Waals surface area contributed by atoms with Crippen LogP contribution in [-0.2, 0) is 4.79 Å². The van der Waals surface area contributed by atoms with Crippen LogP contribution in [0.1, 0.15) is 41.4 Å². The summed E-state index contributed by atoms with van der Waals surface area (Å²) in [5.41, 5.74) is 7.82. The topological polar surface area (TPSA) is 106 Å². The van der Waals surface area contributed by atoms with Crippen LogP contribution in [0.2, 0.25) is 0 Å². The molecular formula is C23H23FN4O3. The summed E-state index contributed by atoms with van der Waals surface area (Å²) in [6, 6.07) is 12.0. The first kappa shape index (κ1) is 21.8. The third-order valence-corrected chi connectivity index (χ3v) is 4.69. The third-order valence-electron chi connectivity index (χ3n) is 4.69. The Hall–Kier alpha value is -3.94. The summed E-state index contributed by atoms with van der Waals surface area (Å²) in [6.07, 6.45) is 1.27. The second kappa shape index (κ2) is 8.83. The van der Waals surface area contributed by atoms with Gasteiger partial charge in [-0.25, -0.2) is 4.39 Å². The Balaban J connectivity index is 1.91. The van der Waals surface area contributed by atoms with Gasteiger partial charge in [0.25, 0.3) is 11.5 Å². The maximum Gasteiger partial charge on any atom is 0.255 e. The van der Waals surface area contributed by atoms with Crippen molar-refractivity contribution in [1.29, 1.82) is 0 Å². The number of anilines is 2. The van der Waals surface area contributed by atoms with E-state index in [-0.39, 0.29) is 23.0 Å². The summed E-state index contributed by atoms with van der Waals surface area (Å²) in [7, 11) is 0. The average molecular weight is 422 g/mol. The summed E-state index contributed by atoms with van der Waals surface area (Å²) >= 11 is 0. The van der Waals surface area contributed by atoms with E-state index in [0.717, 1.165) is 15.7 Å². The van der Waals surface area contributed by atoms with Crippen LogP contribution in [0, 0.1) is 12.7 Å². The number of halogens is 1. The maximum absolute atomic E-state index is 14.9. The first-order chi connectivity index (χ1) is 14.7. The number of hydrogen-bond acceptors (Lipinski definition) is 4. The van der Waals surface area contributed by atoms with Gasteiger partial charge >= 0.3 is 0 Å². The Morgan fingerprint density at radius 2 is 1.87 bits per heavy atom. The fourth-order valence-corrected chi connectivity index (χ4v) is 3.26. The zero-order valence-corrected chi connectivity index (χ0v) is 17.4. The van der Waals surface area contributed by atoms with Crippen molar-refractivity contribution in [2.24, 2.45) is 0 Å². The molecule has 1 heterocycles. The Labute approximate surface area is 178 Å². The van der Waals surface area contributed by atoms with Crippen molar-refractivity contribution in [2.75, 3.05) is 11.1 Å². The lowest BCUT2D eigenvalue weighted by Crippen LogP contribution is -2.29. The molecule has 1 atom stereocenters. The van der Waals surface area contributed by atoms with Crippen molar-refractivity contribution in [3.8, 4) is 5.69 Å². The smallest absolute Gasteiger partial charge is 0.255 e. The van der Waals surface area contributed by atoms with Crippen LogP contribution in [-0.4, -0.2) is 16.4 Å². The van der Waals surface area contributed by atoms with E-state index in [1.807, 2.05) is 26.0 Å². The number of aromatic nitrogens is 1. The molecule has 2 aromatic carbocycles. The van der Waals surface area contributed by atoms with Gasteiger partial charge in [-0.2, -0.15) is 0 Å². The van der Waals surface area contributed by atoms with Crippen molar-refractivity contribution in [3.63, 3.8) is 0 Å². The van der Waals surface area contributed by atoms with Crippen LogP contribution in [0.5, 0.6) is 0 Å². The Morgan fingerprint density at radius 1 is 1.13 bits per heavy atom. The quantitative estimate of drug-likeness (QED) is 0.549. The molecule has 0 saturated carbocycles. The Bertz CT molecular complexity index is 1200. The first-order valence-corrected chi connectivity index (χ1v) is 9.63. The molecule has 160 valence electrons. The van der Waals surface area contributed by atoms with Gasteiger partial charge < -0.3 is 16.4 Å². The summed E-state index contributed by atoms with van der Waals surface area (Å²) in [6.45, 7) is 4.99. The molecule has 1 aromatic heterocycles. The molecule has 31 heavy (non-hydrogen) atoms. The van der Waals surface area contributed by atoms with Crippen LogP contribution in [0.15, 0.2) is 59.5 Å². The minimum absolute atomic E-state index is 0.0580. The molecule has 0 saturated heterocycles. The van der Waals surface area contributed by atoms with E-state index in [4.69, 9.17) is 5.73 Å². The number of nitrogen functional groups attached to an aromatic ring is 1. The molecule has 0 aliphatic rings. The van der Waals surface area contributed by atoms with Crippen LogP contribution in [0.4, 0.5) is 15.8 Å². The molecule has 0 fully saturated rings. The van der Waals surface area contributed by atoms with Crippen molar-refractivity contribution >= 4 is 23.2 Å². The van der Waals surface area contributed by atoms with Gasteiger partial charge in [0.1, 0.15) is 0 Å². The summed E-state index contributed by atoms with van der Waals surface area (Å²) < 4.78 is 15.9. The molecule has 2 amide bonds. The number of hydrogen-bond donors (Lipinski definition) is 3. The lowest BCUT2D eigenvalue weighted by molar-refractivity contribution is -0.114. The van der Waals surface area contributed by atoms with Crippen molar-refractivity contribution < 1.29 is 14.0 Å². The van der Waals surface area contributed by atoms with Crippen molar-refractivity contribution in [3.05, 3.63) is 87.6 Å². The molecule has 0 aliphatic carbocycles. The summed E-state index contributed by atoms with van der Waals surface area (Å²) in [4.78, 5) is 36.4. The maximum atomic E-state index is 14.9. The molecule has 0 spiro atoms. The number of aryl methyl sites for hydroxylation is 1. The van der Waals surface area contributed by atoms with Gasteiger partial charge in [-0.1, -0.05) is 12.1 Å². The van der Waals surface area contributed by atoms with Gasteiger partial charge in [-0.3, -0.25) is 19.0 Å². The number of carbonyl (C=O) groups excluding carboxylic acids is 2. The highest BCUT2D eigenvalue weighted by atomic mass is 19.1. The minimum Gasteiger partial charge on any atom is -0.399 e. The average Bonchev–Trinajstić information content (AvgIpc) is 2.69. The molecule has 0 radical (unpaired) electrons. The second-order valence-electron chi connectivity index (χ2n) is 7.32. The summed E-state index contributed by atoms with van der Waals surface area (Å²) in [5, 5.41) is 5.23. The third kappa shape index (κ3) is 4.98. The molecule has 3 rings (SSSR count). The number of nitrogens with one attached hydrogen (secondary N) is 2. The van der Waals surface area contributed by atoms with E-state index < -0.39 is 23.2 Å². The van der Waals surface area contributed by atoms with E-state index in [9.17, 15) is 18.8 Å². The molecule has 8 heteroatoms. The molecule has 7 nitrogen and oxygen atoms in total. The number of nitrogens with two attached hydrogens (primary N) is 1. The van der Waals surface area contributed by atoms with E-state index in [1.165, 1.54) is 43.5 Å². The Morgan fingerprint density at radius 3 is 2.55 bits per heavy atom. The SMILES string of the molecule is CC(=O)Nc1cccc(-n2cc(C(=O)N[C@H](C)c3cc(C)cc(N)c3)ccc2=O)c1F. The van der Waals surface area contributed by atoms with Gasteiger partial charge in [0.2, 0.25) is 5.91 Å². The lowest BCUT2D eigenvalue weighted by atomic mass is 10.0. The number of benzene rings is 2. The van der Waals surface area contributed by atoms with E-state index in [1.54, 1.807) is 6.07 Å². The minimum atomic E-state index is -0.777. The number of carbonyl (C=O) groups is 2. The molecule has 4 N–H and O–H groups in total. The fourth-order valence-electron chi connectivity index (χ4n) is 3.26. The highest BCUT2D eigenvalue weighted by Gasteiger charge is 2.16. The lowest BCUT2D eigenvalue weighted by Gasteiger charge is -2.16. The van der Waals surface area contributed by atoms with Gasteiger partial charge in [0.05, 0.1) is 23.0 Å². The first-order valence-electron chi connectivity index (χ1n) is 9.63. The van der Waals surface area contributed by atoms with Crippen LogP contribution in [0.25, 0.3) is 5.69 Å². The van der Waals surface area contributed by atoms with Gasteiger partial charge in [-0.05, 0) is 55.3 Å². The van der Waals surface area contributed by atoms with Gasteiger partial charge in [0.15, 0.2) is 5.82 Å². The molecular weight excluding hydrogens is 399 g/mol. The molecule has 0 aliphatic heterocycles. The monoisotopic (exact) mass is 422 g/mol. The predicted octanol–water partition coefficient (Wildman–Crippen LogP) is 3.32. The van der Waals surface area contributed by atoms with Crippen LogP contribution >= 0.6 is 0 Å². The Kier molecular flexibility index (Phi) is 6.20. The van der Waals surface area contributed by atoms with Gasteiger partial charge in [-0.15, -0.1) is 0 Å². The van der Waals surface area contributed by atoms with E-state index in [0.29, 0.717) is 5.69 Å². The van der Waals surface area contributed by atoms with Crippen molar-refractivity contribution in [1.82, 2.24) is 9.88 Å². The van der Waals surface area contributed by atoms with Crippen LogP contribution < -0.4 is 21.9 Å². The highest BCUT2D eigenvalue weighted by Crippen LogP contribution is 2.21. The largest absolute Gasteiger partial charge is 0.399 e. The number of pyridine rings is 1. The van der Waals surface area contributed by atoms with Crippen LogP contribution in [0.3, 0.4) is 0 Å². The number of nitrogens with zero attached hydrogens (tertiary/aromatic N) is 1. The second-order valence-corrected chi connectivity index (χ2v) is 7.32. The normalized spacial score (nSPS) is 11.6. The molecule has 3 aromatic rings. The zero-order valence-electron chi connectivity index (χ0n) is 17.4. The standard InChI is InChI=1S/C23H23FN4O3/c1-13-9-17(11-18(25)10-13)14(2)26-23(31)16-7-8-21(30)28(12-16)20-6-4-5-19(22(20)24)27-15(3)29/h4-12,14H,25H2,1-3H3,(H,26,31)(H,27,29)/t14-/m1/s1. The predicted molar refractivity (Wildman–Crippen MR) is 118 cm³/mol. The number of amides is 2. The molecule has 0 unspecified atom stereocenters. The van der Waals surface area contributed by atoms with Gasteiger partial charge in [0, 0.05) is 24.9 Å². The fraction of sp³-hybridized carbons (Fsp3) is 0.174. The summed E-state index contributed by atoms with van der Waals surface area (Å²) in [5.74, 6) is -1.65. The number of rotatable bonds is 5. The van der Waals surface area contributed by atoms with E-state index >= 15 is 0 Å². The molecule has 0 bridgehead atoms. The van der Waals surface area contributed by atoms with Crippen molar-refractivity contribution in [2.45, 2.75) is 26.8 Å². The van der Waals surface area contributed by atoms with E-state index in [2.05, 4.69) is 10.6 Å².